The number of hydrogen-bond donors (Lipinski definition) is 1. The third kappa shape index (κ3) is 3.15. The van der Waals surface area contributed by atoms with E-state index in [1.54, 1.807) is 7.11 Å². The van der Waals surface area contributed by atoms with Crippen molar-refractivity contribution < 1.29 is 9.84 Å². The second-order valence-electron chi connectivity index (χ2n) is 4.89. The number of methoxy groups -OCH3 is 1. The molecule has 0 heterocycles. The maximum absolute atomic E-state index is 10.4. The molecule has 2 nitrogen and oxygen atoms in total. The summed E-state index contributed by atoms with van der Waals surface area (Å²) in [6, 6.07) is 13.9. The summed E-state index contributed by atoms with van der Waals surface area (Å²) in [5.74, 6) is 0.736. The molecule has 1 atom stereocenters. The summed E-state index contributed by atoms with van der Waals surface area (Å²) in [6.07, 6.45) is 0.0603. The summed E-state index contributed by atoms with van der Waals surface area (Å²) in [4.78, 5) is 0. The Balaban J connectivity index is 2.25. The molecule has 0 radical (unpaired) electrons. The van der Waals surface area contributed by atoms with Gasteiger partial charge in [-0.25, -0.2) is 0 Å². The predicted octanol–water partition coefficient (Wildman–Crippen LogP) is 3.59. The molecule has 2 heteroatoms. The minimum absolute atomic E-state index is 0.545. The summed E-state index contributed by atoms with van der Waals surface area (Å²) >= 11 is 0. The van der Waals surface area contributed by atoms with Gasteiger partial charge in [-0.15, -0.1) is 0 Å². The molecule has 0 aromatic heterocycles. The lowest BCUT2D eigenvalue weighted by Gasteiger charge is -2.16. The van der Waals surface area contributed by atoms with Crippen LogP contribution in [0.3, 0.4) is 0 Å². The average Bonchev–Trinajstić information content (AvgIpc) is 2.42. The van der Waals surface area contributed by atoms with Crippen LogP contribution in [0.4, 0.5) is 0 Å². The molecule has 0 saturated heterocycles. The highest BCUT2D eigenvalue weighted by molar-refractivity contribution is 5.37. The topological polar surface area (TPSA) is 29.5 Å². The van der Waals surface area contributed by atoms with Gasteiger partial charge in [0.25, 0.3) is 0 Å². The van der Waals surface area contributed by atoms with Gasteiger partial charge in [0, 0.05) is 12.0 Å². The average molecular weight is 256 g/mol. The highest BCUT2D eigenvalue weighted by Crippen LogP contribution is 2.28. The standard InChI is InChI=1S/C17H20O2/c1-12-8-9-13(2)14(10-12)11-16(18)15-6-4-5-7-17(15)19-3/h4-10,16,18H,11H2,1-3H3. The largest absolute Gasteiger partial charge is 0.496 e. The Morgan fingerprint density at radius 1 is 1.11 bits per heavy atom. The number of ether oxygens (including phenoxy) is 1. The zero-order valence-corrected chi connectivity index (χ0v) is 11.7. The summed E-state index contributed by atoms with van der Waals surface area (Å²) < 4.78 is 5.30. The summed E-state index contributed by atoms with van der Waals surface area (Å²) in [6.45, 7) is 4.14. The van der Waals surface area contributed by atoms with Gasteiger partial charge in [-0.1, -0.05) is 42.0 Å². The van der Waals surface area contributed by atoms with Gasteiger partial charge in [-0.2, -0.15) is 0 Å². The van der Waals surface area contributed by atoms with Crippen LogP contribution in [0.2, 0.25) is 0 Å². The van der Waals surface area contributed by atoms with E-state index in [1.807, 2.05) is 24.3 Å². The highest BCUT2D eigenvalue weighted by Gasteiger charge is 2.14. The van der Waals surface area contributed by atoms with Crippen molar-refractivity contribution in [2.75, 3.05) is 7.11 Å². The zero-order chi connectivity index (χ0) is 13.8. The predicted molar refractivity (Wildman–Crippen MR) is 77.6 cm³/mol. The lowest BCUT2D eigenvalue weighted by Crippen LogP contribution is -2.05. The van der Waals surface area contributed by atoms with Gasteiger partial charge in [0.05, 0.1) is 13.2 Å². The number of aliphatic hydroxyl groups excluding tert-OH is 1. The first-order valence-electron chi connectivity index (χ1n) is 6.49. The molecular formula is C17H20O2. The van der Waals surface area contributed by atoms with Crippen molar-refractivity contribution in [2.24, 2.45) is 0 Å². The van der Waals surface area contributed by atoms with Crippen molar-refractivity contribution in [3.63, 3.8) is 0 Å². The molecule has 0 bridgehead atoms. The molecule has 100 valence electrons. The normalized spacial score (nSPS) is 12.2. The molecule has 0 aliphatic carbocycles. The van der Waals surface area contributed by atoms with E-state index in [2.05, 4.69) is 32.0 Å². The minimum atomic E-state index is -0.545. The van der Waals surface area contributed by atoms with E-state index in [0.29, 0.717) is 6.42 Å². The molecule has 1 unspecified atom stereocenters. The van der Waals surface area contributed by atoms with E-state index in [4.69, 9.17) is 4.74 Å². The highest BCUT2D eigenvalue weighted by atomic mass is 16.5. The van der Waals surface area contributed by atoms with Crippen LogP contribution >= 0.6 is 0 Å². The number of rotatable bonds is 4. The molecule has 19 heavy (non-hydrogen) atoms. The maximum Gasteiger partial charge on any atom is 0.124 e. The second-order valence-corrected chi connectivity index (χ2v) is 4.89. The Hall–Kier alpha value is -1.80. The quantitative estimate of drug-likeness (QED) is 0.906. The Morgan fingerprint density at radius 3 is 2.58 bits per heavy atom. The van der Waals surface area contributed by atoms with E-state index in [-0.39, 0.29) is 0 Å². The number of aliphatic hydroxyl groups is 1. The van der Waals surface area contributed by atoms with Gasteiger partial charge < -0.3 is 9.84 Å². The zero-order valence-electron chi connectivity index (χ0n) is 11.7. The van der Waals surface area contributed by atoms with Gasteiger partial charge in [-0.05, 0) is 31.0 Å². The first-order chi connectivity index (χ1) is 9.11. The van der Waals surface area contributed by atoms with Crippen molar-refractivity contribution in [1.82, 2.24) is 0 Å². The van der Waals surface area contributed by atoms with E-state index in [1.165, 1.54) is 16.7 Å². The summed E-state index contributed by atoms with van der Waals surface area (Å²) in [7, 11) is 1.63. The first kappa shape index (κ1) is 13.6. The number of aryl methyl sites for hydroxylation is 2. The van der Waals surface area contributed by atoms with Crippen molar-refractivity contribution in [2.45, 2.75) is 26.4 Å². The van der Waals surface area contributed by atoms with E-state index in [0.717, 1.165) is 11.3 Å². The Bertz CT molecular complexity index is 561. The smallest absolute Gasteiger partial charge is 0.124 e. The lowest BCUT2D eigenvalue weighted by atomic mass is 9.96. The second kappa shape index (κ2) is 5.89. The van der Waals surface area contributed by atoms with Gasteiger partial charge in [-0.3, -0.25) is 0 Å². The Morgan fingerprint density at radius 2 is 1.84 bits per heavy atom. The summed E-state index contributed by atoms with van der Waals surface area (Å²) in [5, 5.41) is 10.4. The molecule has 0 aliphatic rings. The van der Waals surface area contributed by atoms with Gasteiger partial charge >= 0.3 is 0 Å². The van der Waals surface area contributed by atoms with Crippen molar-refractivity contribution in [3.8, 4) is 5.75 Å². The molecule has 2 rings (SSSR count). The van der Waals surface area contributed by atoms with Crippen LogP contribution in [0, 0.1) is 13.8 Å². The SMILES string of the molecule is COc1ccccc1C(O)Cc1cc(C)ccc1C. The van der Waals surface area contributed by atoms with Gasteiger partial charge in [0.2, 0.25) is 0 Å². The van der Waals surface area contributed by atoms with Crippen molar-refractivity contribution in [1.29, 1.82) is 0 Å². The van der Waals surface area contributed by atoms with E-state index >= 15 is 0 Å². The van der Waals surface area contributed by atoms with Crippen LogP contribution in [0.5, 0.6) is 5.75 Å². The molecule has 0 aliphatic heterocycles. The monoisotopic (exact) mass is 256 g/mol. The van der Waals surface area contributed by atoms with Crippen molar-refractivity contribution >= 4 is 0 Å². The molecule has 0 saturated carbocycles. The minimum Gasteiger partial charge on any atom is -0.496 e. The number of benzene rings is 2. The molecular weight excluding hydrogens is 236 g/mol. The van der Waals surface area contributed by atoms with Gasteiger partial charge in [0.1, 0.15) is 5.75 Å². The molecule has 0 fully saturated rings. The van der Waals surface area contributed by atoms with Crippen molar-refractivity contribution in [3.05, 3.63) is 64.7 Å². The first-order valence-corrected chi connectivity index (χ1v) is 6.49. The fourth-order valence-corrected chi connectivity index (χ4v) is 2.28. The lowest BCUT2D eigenvalue weighted by molar-refractivity contribution is 0.174. The van der Waals surface area contributed by atoms with Crippen LogP contribution in [0.25, 0.3) is 0 Å². The van der Waals surface area contributed by atoms with Crippen LogP contribution in [0.1, 0.15) is 28.4 Å². The molecule has 0 amide bonds. The fourth-order valence-electron chi connectivity index (χ4n) is 2.28. The van der Waals surface area contributed by atoms with Crippen LogP contribution < -0.4 is 4.74 Å². The molecule has 1 N–H and O–H groups in total. The Labute approximate surface area is 114 Å². The number of hydrogen-bond acceptors (Lipinski definition) is 2. The fraction of sp³-hybridized carbons (Fsp3) is 0.294. The maximum atomic E-state index is 10.4. The molecule has 2 aromatic carbocycles. The van der Waals surface area contributed by atoms with Crippen LogP contribution in [-0.2, 0) is 6.42 Å². The molecule has 2 aromatic rings. The van der Waals surface area contributed by atoms with E-state index < -0.39 is 6.10 Å². The Kier molecular flexibility index (Phi) is 4.23. The van der Waals surface area contributed by atoms with E-state index in [9.17, 15) is 5.11 Å². The van der Waals surface area contributed by atoms with Crippen LogP contribution in [-0.4, -0.2) is 12.2 Å². The number of para-hydroxylation sites is 1. The third-order valence-corrected chi connectivity index (χ3v) is 3.42. The van der Waals surface area contributed by atoms with Crippen LogP contribution in [0.15, 0.2) is 42.5 Å². The van der Waals surface area contributed by atoms with Gasteiger partial charge in [0.15, 0.2) is 0 Å². The third-order valence-electron chi connectivity index (χ3n) is 3.42. The molecule has 0 spiro atoms. The summed E-state index contributed by atoms with van der Waals surface area (Å²) in [5.41, 5.74) is 4.44.